The van der Waals surface area contributed by atoms with Crippen molar-refractivity contribution in [2.24, 2.45) is 0 Å². The van der Waals surface area contributed by atoms with Gasteiger partial charge in [0, 0.05) is 5.56 Å². The van der Waals surface area contributed by atoms with E-state index < -0.39 is 17.9 Å². The van der Waals surface area contributed by atoms with Crippen LogP contribution in [0.1, 0.15) is 35.7 Å². The lowest BCUT2D eigenvalue weighted by Gasteiger charge is -2.21. The van der Waals surface area contributed by atoms with Gasteiger partial charge in [-0.3, -0.25) is 4.79 Å². The third kappa shape index (κ3) is 4.20. The Labute approximate surface area is 145 Å². The lowest BCUT2D eigenvalue weighted by Crippen LogP contribution is -2.22. The van der Waals surface area contributed by atoms with Crippen molar-refractivity contribution < 1.29 is 38.1 Å². The lowest BCUT2D eigenvalue weighted by molar-refractivity contribution is -0.146. The molecule has 8 heteroatoms. The monoisotopic (exact) mass is 354 g/mol. The molecule has 25 heavy (non-hydrogen) atoms. The van der Waals surface area contributed by atoms with Crippen LogP contribution in [0.5, 0.6) is 17.2 Å². The van der Waals surface area contributed by atoms with E-state index in [1.54, 1.807) is 13.8 Å². The van der Waals surface area contributed by atoms with Crippen molar-refractivity contribution in [3.8, 4) is 17.2 Å². The average molecular weight is 354 g/mol. The van der Waals surface area contributed by atoms with Gasteiger partial charge in [0.25, 0.3) is 0 Å². The van der Waals surface area contributed by atoms with E-state index in [-0.39, 0.29) is 41.6 Å². The molecule has 0 aliphatic heterocycles. The fourth-order valence-electron chi connectivity index (χ4n) is 2.34. The minimum atomic E-state index is -1.38. The summed E-state index contributed by atoms with van der Waals surface area (Å²) in [5.74, 6) is -2.56. The highest BCUT2D eigenvalue weighted by Crippen LogP contribution is 2.45. The van der Waals surface area contributed by atoms with Crippen molar-refractivity contribution >= 4 is 18.2 Å². The second-order valence-corrected chi connectivity index (χ2v) is 4.69. The molecule has 0 spiro atoms. The molecule has 0 fully saturated rings. The predicted octanol–water partition coefficient (Wildman–Crippen LogP) is 1.73. The van der Waals surface area contributed by atoms with Crippen LogP contribution in [0.3, 0.4) is 0 Å². The molecular weight excluding hydrogens is 332 g/mol. The Morgan fingerprint density at radius 2 is 1.60 bits per heavy atom. The van der Waals surface area contributed by atoms with Gasteiger partial charge in [-0.15, -0.1) is 0 Å². The number of benzene rings is 1. The van der Waals surface area contributed by atoms with Gasteiger partial charge in [0.1, 0.15) is 12.2 Å². The number of carbonyl (C=O) groups is 3. The number of hydrogen-bond acceptors (Lipinski definition) is 8. The molecule has 1 rings (SSSR count). The summed E-state index contributed by atoms with van der Waals surface area (Å²) in [6, 6.07) is 1.34. The predicted molar refractivity (Wildman–Crippen MR) is 87.5 cm³/mol. The lowest BCUT2D eigenvalue weighted by atomic mass is 9.93. The van der Waals surface area contributed by atoms with E-state index in [1.807, 2.05) is 0 Å². The van der Waals surface area contributed by atoms with Gasteiger partial charge in [-0.25, -0.2) is 4.79 Å². The van der Waals surface area contributed by atoms with Gasteiger partial charge in [-0.2, -0.15) is 0 Å². The number of rotatable bonds is 9. The van der Waals surface area contributed by atoms with Gasteiger partial charge < -0.3 is 28.5 Å². The Kier molecular flexibility index (Phi) is 7.71. The highest BCUT2D eigenvalue weighted by molar-refractivity contribution is 6.02. The first-order valence-electron chi connectivity index (χ1n) is 7.62. The number of carbonyl (C=O) groups excluding carboxylic acids is 3. The summed E-state index contributed by atoms with van der Waals surface area (Å²) >= 11 is 0. The van der Waals surface area contributed by atoms with E-state index >= 15 is 0 Å². The molecule has 0 aliphatic rings. The minimum absolute atomic E-state index is 0.00653. The molecule has 0 bridgehead atoms. The van der Waals surface area contributed by atoms with E-state index in [0.29, 0.717) is 6.29 Å². The largest absolute Gasteiger partial charge is 0.493 e. The molecule has 0 aromatic heterocycles. The standard InChI is InChI=1S/C17H22O8/c1-6-24-16(19)10-8-12(21-3)14(22-4)15(23-5)13(10)11(9-18)17(20)25-7-2/h8-9,11H,6-7H2,1-5H3. The molecular formula is C17H22O8. The smallest absolute Gasteiger partial charge is 0.338 e. The second kappa shape index (κ2) is 9.51. The summed E-state index contributed by atoms with van der Waals surface area (Å²) in [7, 11) is 4.08. The summed E-state index contributed by atoms with van der Waals surface area (Å²) in [4.78, 5) is 36.2. The molecule has 0 amide bonds. The SMILES string of the molecule is CCOC(=O)c1cc(OC)c(OC)c(OC)c1C(C=O)C(=O)OCC. The van der Waals surface area contributed by atoms with Crippen LogP contribution in [-0.4, -0.2) is 52.8 Å². The maximum absolute atomic E-state index is 12.4. The summed E-state index contributed by atoms with van der Waals surface area (Å²) in [6.45, 7) is 3.43. The third-order valence-corrected chi connectivity index (χ3v) is 3.35. The average Bonchev–Trinajstić information content (AvgIpc) is 2.61. The highest BCUT2D eigenvalue weighted by Gasteiger charge is 2.34. The molecule has 1 aromatic carbocycles. The normalized spacial score (nSPS) is 11.2. The fourth-order valence-corrected chi connectivity index (χ4v) is 2.34. The van der Waals surface area contributed by atoms with Crippen molar-refractivity contribution in [1.29, 1.82) is 0 Å². The van der Waals surface area contributed by atoms with Crippen LogP contribution in [0.4, 0.5) is 0 Å². The van der Waals surface area contributed by atoms with E-state index in [4.69, 9.17) is 23.7 Å². The quantitative estimate of drug-likeness (QED) is 0.376. The van der Waals surface area contributed by atoms with E-state index in [9.17, 15) is 14.4 Å². The first-order chi connectivity index (χ1) is 12.0. The minimum Gasteiger partial charge on any atom is -0.493 e. The molecule has 0 saturated heterocycles. The van der Waals surface area contributed by atoms with Crippen molar-refractivity contribution in [3.05, 3.63) is 17.2 Å². The molecule has 1 unspecified atom stereocenters. The van der Waals surface area contributed by atoms with Crippen molar-refractivity contribution in [3.63, 3.8) is 0 Å². The van der Waals surface area contributed by atoms with Crippen LogP contribution in [0, 0.1) is 0 Å². The van der Waals surface area contributed by atoms with Crippen LogP contribution in [0.2, 0.25) is 0 Å². The molecule has 8 nitrogen and oxygen atoms in total. The molecule has 0 N–H and O–H groups in total. The van der Waals surface area contributed by atoms with Gasteiger partial charge in [0.15, 0.2) is 11.5 Å². The number of methoxy groups -OCH3 is 3. The fraction of sp³-hybridized carbons (Fsp3) is 0.471. The van der Waals surface area contributed by atoms with Gasteiger partial charge in [-0.05, 0) is 19.9 Å². The molecule has 0 heterocycles. The van der Waals surface area contributed by atoms with E-state index in [2.05, 4.69) is 0 Å². The maximum atomic E-state index is 12.4. The van der Waals surface area contributed by atoms with E-state index in [1.165, 1.54) is 27.4 Å². The zero-order valence-corrected chi connectivity index (χ0v) is 14.9. The van der Waals surface area contributed by atoms with Gasteiger partial charge in [0.2, 0.25) is 5.75 Å². The second-order valence-electron chi connectivity index (χ2n) is 4.69. The van der Waals surface area contributed by atoms with Crippen LogP contribution >= 0.6 is 0 Å². The number of hydrogen-bond donors (Lipinski definition) is 0. The third-order valence-electron chi connectivity index (χ3n) is 3.35. The number of ether oxygens (including phenoxy) is 5. The topological polar surface area (TPSA) is 97.4 Å². The zero-order chi connectivity index (χ0) is 19.0. The summed E-state index contributed by atoms with van der Waals surface area (Å²) in [6.07, 6.45) is 0.379. The molecule has 138 valence electrons. The Morgan fingerprint density at radius 3 is 2.04 bits per heavy atom. The van der Waals surface area contributed by atoms with Crippen LogP contribution < -0.4 is 14.2 Å². The van der Waals surface area contributed by atoms with Gasteiger partial charge >= 0.3 is 11.9 Å². The maximum Gasteiger partial charge on any atom is 0.338 e. The summed E-state index contributed by atoms with van der Waals surface area (Å²) in [5.41, 5.74) is -0.0337. The molecule has 0 radical (unpaired) electrons. The Bertz CT molecular complexity index is 638. The van der Waals surface area contributed by atoms with Crippen molar-refractivity contribution in [2.45, 2.75) is 19.8 Å². The van der Waals surface area contributed by atoms with Crippen LogP contribution in [0.15, 0.2) is 6.07 Å². The Morgan fingerprint density at radius 1 is 1.00 bits per heavy atom. The molecule has 0 saturated carbocycles. The first kappa shape index (κ1) is 20.3. The summed E-state index contributed by atoms with van der Waals surface area (Å²) < 4.78 is 25.7. The van der Waals surface area contributed by atoms with E-state index in [0.717, 1.165) is 0 Å². The molecule has 1 aromatic rings. The highest BCUT2D eigenvalue weighted by atomic mass is 16.5. The van der Waals surface area contributed by atoms with Crippen LogP contribution in [0.25, 0.3) is 0 Å². The Balaban J connectivity index is 3.76. The number of esters is 2. The van der Waals surface area contributed by atoms with Crippen molar-refractivity contribution in [2.75, 3.05) is 34.5 Å². The van der Waals surface area contributed by atoms with Crippen molar-refractivity contribution in [1.82, 2.24) is 0 Å². The number of aldehydes is 1. The van der Waals surface area contributed by atoms with Crippen LogP contribution in [-0.2, 0) is 19.1 Å². The first-order valence-corrected chi connectivity index (χ1v) is 7.62. The van der Waals surface area contributed by atoms with Gasteiger partial charge in [-0.1, -0.05) is 0 Å². The zero-order valence-electron chi connectivity index (χ0n) is 14.9. The summed E-state index contributed by atoms with van der Waals surface area (Å²) in [5, 5.41) is 0. The molecule has 1 atom stereocenters. The Hall–Kier alpha value is -2.77. The molecule has 0 aliphatic carbocycles. The van der Waals surface area contributed by atoms with Gasteiger partial charge in [0.05, 0.1) is 40.1 Å².